The van der Waals surface area contributed by atoms with Gasteiger partial charge in [-0.1, -0.05) is 15.9 Å². The molecule has 2 nitrogen and oxygen atoms in total. The van der Waals surface area contributed by atoms with Gasteiger partial charge >= 0.3 is 0 Å². The molecule has 1 atom stereocenters. The molecular weight excluding hydrogens is 298 g/mol. The van der Waals surface area contributed by atoms with Gasteiger partial charge < -0.3 is 5.32 Å². The Labute approximate surface area is 115 Å². The predicted molar refractivity (Wildman–Crippen MR) is 75.2 cm³/mol. The largest absolute Gasteiger partial charge is 0.353 e. The van der Waals surface area contributed by atoms with Gasteiger partial charge in [-0.2, -0.15) is 0 Å². The molecule has 0 aromatic heterocycles. The third-order valence-corrected chi connectivity index (χ3v) is 4.44. The molecule has 17 heavy (non-hydrogen) atoms. The van der Waals surface area contributed by atoms with Gasteiger partial charge in [0.2, 0.25) is 5.91 Å². The van der Waals surface area contributed by atoms with Gasteiger partial charge in [-0.05, 0) is 49.9 Å². The molecule has 1 N–H and O–H groups in total. The van der Waals surface area contributed by atoms with Crippen LogP contribution in [0.4, 0.5) is 0 Å². The average Bonchev–Trinajstić information content (AvgIpc) is 3.12. The first-order valence-electron chi connectivity index (χ1n) is 5.83. The monoisotopic (exact) mass is 313 g/mol. The summed E-state index contributed by atoms with van der Waals surface area (Å²) in [6.45, 7) is 2.10. The topological polar surface area (TPSA) is 29.1 Å². The molecule has 0 bridgehead atoms. The average molecular weight is 314 g/mol. The van der Waals surface area contributed by atoms with Crippen molar-refractivity contribution in [2.24, 2.45) is 5.92 Å². The minimum Gasteiger partial charge on any atom is -0.353 e. The van der Waals surface area contributed by atoms with E-state index in [1.165, 1.54) is 12.8 Å². The van der Waals surface area contributed by atoms with Gasteiger partial charge in [-0.3, -0.25) is 4.79 Å². The van der Waals surface area contributed by atoms with Crippen LogP contribution in [0.3, 0.4) is 0 Å². The first-order valence-corrected chi connectivity index (χ1v) is 7.61. The Kier molecular flexibility index (Phi) is 4.51. The van der Waals surface area contributed by atoms with Gasteiger partial charge in [0.15, 0.2) is 0 Å². The van der Waals surface area contributed by atoms with Gasteiger partial charge in [-0.25, -0.2) is 0 Å². The van der Waals surface area contributed by atoms with E-state index in [-0.39, 0.29) is 5.91 Å². The number of carbonyl (C=O) groups excluding carboxylic acids is 1. The zero-order valence-electron chi connectivity index (χ0n) is 9.78. The zero-order chi connectivity index (χ0) is 12.3. The van der Waals surface area contributed by atoms with Crippen LogP contribution in [0.15, 0.2) is 33.6 Å². The first kappa shape index (κ1) is 13.0. The van der Waals surface area contributed by atoms with Crippen molar-refractivity contribution in [2.75, 3.05) is 5.75 Å². The number of thioether (sulfide) groups is 1. The standard InChI is InChI=1S/C13H16BrNOS/c1-9(10-2-3-10)15-13(16)8-17-12-6-4-11(14)5-7-12/h4-7,9-10H,2-3,8H2,1H3,(H,15,16)/t9-/m1/s1. The fraction of sp³-hybridized carbons (Fsp3) is 0.462. The van der Waals surface area contributed by atoms with Crippen molar-refractivity contribution in [3.8, 4) is 0 Å². The Morgan fingerprint density at radius 2 is 2.12 bits per heavy atom. The van der Waals surface area contributed by atoms with Crippen LogP contribution in [-0.2, 0) is 4.79 Å². The van der Waals surface area contributed by atoms with Crippen molar-refractivity contribution in [2.45, 2.75) is 30.7 Å². The number of rotatable bonds is 5. The van der Waals surface area contributed by atoms with Crippen molar-refractivity contribution < 1.29 is 4.79 Å². The molecule has 1 amide bonds. The lowest BCUT2D eigenvalue weighted by Crippen LogP contribution is -2.35. The Bertz CT molecular complexity index is 389. The fourth-order valence-electron chi connectivity index (χ4n) is 1.69. The van der Waals surface area contributed by atoms with Crippen LogP contribution in [0, 0.1) is 5.92 Å². The number of nitrogens with one attached hydrogen (secondary N) is 1. The molecule has 92 valence electrons. The van der Waals surface area contributed by atoms with Gasteiger partial charge in [0.1, 0.15) is 0 Å². The second-order valence-electron chi connectivity index (χ2n) is 4.44. The molecular formula is C13H16BrNOS. The molecule has 1 aliphatic carbocycles. The normalized spacial score (nSPS) is 16.6. The van der Waals surface area contributed by atoms with Gasteiger partial charge in [0.05, 0.1) is 5.75 Å². The summed E-state index contributed by atoms with van der Waals surface area (Å²) in [7, 11) is 0. The highest BCUT2D eigenvalue weighted by Crippen LogP contribution is 2.32. The maximum Gasteiger partial charge on any atom is 0.230 e. The van der Waals surface area contributed by atoms with Crippen molar-refractivity contribution >= 4 is 33.6 Å². The molecule has 0 radical (unpaired) electrons. The Hall–Kier alpha value is -0.480. The van der Waals surface area contributed by atoms with Crippen LogP contribution in [-0.4, -0.2) is 17.7 Å². The summed E-state index contributed by atoms with van der Waals surface area (Å²) in [5.74, 6) is 1.35. The van der Waals surface area contributed by atoms with Crippen molar-refractivity contribution in [3.05, 3.63) is 28.7 Å². The van der Waals surface area contributed by atoms with Crippen molar-refractivity contribution in [1.82, 2.24) is 5.32 Å². The second-order valence-corrected chi connectivity index (χ2v) is 6.40. The number of carbonyl (C=O) groups is 1. The van der Waals surface area contributed by atoms with E-state index in [1.807, 2.05) is 24.3 Å². The lowest BCUT2D eigenvalue weighted by Gasteiger charge is -2.12. The molecule has 1 saturated carbocycles. The second kappa shape index (κ2) is 5.91. The summed E-state index contributed by atoms with van der Waals surface area (Å²) < 4.78 is 1.06. The van der Waals surface area contributed by atoms with Crippen LogP contribution in [0.2, 0.25) is 0 Å². The molecule has 0 heterocycles. The predicted octanol–water partition coefficient (Wildman–Crippen LogP) is 3.46. The highest BCUT2D eigenvalue weighted by atomic mass is 79.9. The summed E-state index contributed by atoms with van der Waals surface area (Å²) >= 11 is 4.97. The van der Waals surface area contributed by atoms with Crippen molar-refractivity contribution in [1.29, 1.82) is 0 Å². The SMILES string of the molecule is C[C@@H](NC(=O)CSc1ccc(Br)cc1)C1CC1. The van der Waals surface area contributed by atoms with E-state index in [9.17, 15) is 4.79 Å². The highest BCUT2D eigenvalue weighted by molar-refractivity contribution is 9.10. The van der Waals surface area contributed by atoms with E-state index in [1.54, 1.807) is 11.8 Å². The fourth-order valence-corrected chi connectivity index (χ4v) is 2.66. The van der Waals surface area contributed by atoms with Crippen LogP contribution in [0.5, 0.6) is 0 Å². The van der Waals surface area contributed by atoms with E-state index in [2.05, 4.69) is 28.2 Å². The number of halogens is 1. The van der Waals surface area contributed by atoms with E-state index >= 15 is 0 Å². The molecule has 0 unspecified atom stereocenters. The quantitative estimate of drug-likeness (QED) is 0.843. The summed E-state index contributed by atoms with van der Waals surface area (Å²) in [4.78, 5) is 12.8. The van der Waals surface area contributed by atoms with Gasteiger partial charge in [-0.15, -0.1) is 11.8 Å². The Morgan fingerprint density at radius 3 is 2.71 bits per heavy atom. The van der Waals surface area contributed by atoms with Crippen molar-refractivity contribution in [3.63, 3.8) is 0 Å². The lowest BCUT2D eigenvalue weighted by atomic mass is 10.2. The summed E-state index contributed by atoms with van der Waals surface area (Å²) in [6, 6.07) is 8.37. The first-order chi connectivity index (χ1) is 8.15. The number of amides is 1. The van der Waals surface area contributed by atoms with E-state index < -0.39 is 0 Å². The molecule has 1 aliphatic rings. The van der Waals surface area contributed by atoms with Crippen LogP contribution in [0.1, 0.15) is 19.8 Å². The minimum atomic E-state index is 0.136. The summed E-state index contributed by atoms with van der Waals surface area (Å²) in [5, 5.41) is 3.05. The summed E-state index contributed by atoms with van der Waals surface area (Å²) in [5.41, 5.74) is 0. The van der Waals surface area contributed by atoms with Crippen LogP contribution < -0.4 is 5.32 Å². The molecule has 2 rings (SSSR count). The minimum absolute atomic E-state index is 0.136. The lowest BCUT2D eigenvalue weighted by molar-refractivity contribution is -0.119. The Balaban J connectivity index is 1.73. The van der Waals surface area contributed by atoms with E-state index in [4.69, 9.17) is 0 Å². The van der Waals surface area contributed by atoms with Gasteiger partial charge in [0, 0.05) is 15.4 Å². The molecule has 1 aromatic rings. The third-order valence-electron chi connectivity index (χ3n) is 2.90. The smallest absolute Gasteiger partial charge is 0.230 e. The molecule has 1 fully saturated rings. The molecule has 0 saturated heterocycles. The number of benzene rings is 1. The molecule has 0 spiro atoms. The van der Waals surface area contributed by atoms with Crippen LogP contribution in [0.25, 0.3) is 0 Å². The molecule has 1 aromatic carbocycles. The van der Waals surface area contributed by atoms with Gasteiger partial charge in [0.25, 0.3) is 0 Å². The summed E-state index contributed by atoms with van der Waals surface area (Å²) in [6.07, 6.45) is 2.53. The molecule has 0 aliphatic heterocycles. The van der Waals surface area contributed by atoms with Crippen LogP contribution >= 0.6 is 27.7 Å². The number of hydrogen-bond donors (Lipinski definition) is 1. The maximum atomic E-state index is 11.7. The van der Waals surface area contributed by atoms with E-state index in [0.29, 0.717) is 11.8 Å². The molecule has 4 heteroatoms. The maximum absolute atomic E-state index is 11.7. The number of hydrogen-bond acceptors (Lipinski definition) is 2. The highest BCUT2D eigenvalue weighted by Gasteiger charge is 2.28. The Morgan fingerprint density at radius 1 is 1.47 bits per heavy atom. The zero-order valence-corrected chi connectivity index (χ0v) is 12.2. The third kappa shape index (κ3) is 4.36. The van der Waals surface area contributed by atoms with E-state index in [0.717, 1.165) is 15.3 Å².